The molecule has 1 N–H and O–H groups in total. The second-order valence-corrected chi connectivity index (χ2v) is 8.37. The van der Waals surface area contributed by atoms with Crippen molar-refractivity contribution in [1.29, 1.82) is 0 Å². The predicted octanol–water partition coefficient (Wildman–Crippen LogP) is 3.56. The number of anilines is 1. The number of carbonyl (C=O) groups excluding carboxylic acids is 1. The zero-order chi connectivity index (χ0) is 21.0. The summed E-state index contributed by atoms with van der Waals surface area (Å²) in [6, 6.07) is 14.0. The third kappa shape index (κ3) is 4.29. The lowest BCUT2D eigenvalue weighted by Gasteiger charge is -2.34. The van der Waals surface area contributed by atoms with E-state index in [1.165, 1.54) is 11.3 Å². The van der Waals surface area contributed by atoms with Crippen LogP contribution in [-0.2, 0) is 24.2 Å². The van der Waals surface area contributed by atoms with Gasteiger partial charge in [-0.3, -0.25) is 9.78 Å². The van der Waals surface area contributed by atoms with E-state index >= 15 is 0 Å². The Kier molecular flexibility index (Phi) is 5.61. The Bertz CT molecular complexity index is 1050. The molecule has 1 amide bonds. The van der Waals surface area contributed by atoms with Gasteiger partial charge in [0.15, 0.2) is 5.82 Å². The van der Waals surface area contributed by atoms with Gasteiger partial charge in [-0.15, -0.1) is 0 Å². The van der Waals surface area contributed by atoms with Gasteiger partial charge in [-0.2, -0.15) is 0 Å². The minimum absolute atomic E-state index is 0.0252. The van der Waals surface area contributed by atoms with Gasteiger partial charge in [0.05, 0.1) is 5.92 Å². The summed E-state index contributed by atoms with van der Waals surface area (Å²) in [4.78, 5) is 29.1. The van der Waals surface area contributed by atoms with Gasteiger partial charge in [-0.05, 0) is 49.8 Å². The Hall–Kier alpha value is -3.28. The van der Waals surface area contributed by atoms with Crippen LogP contribution >= 0.6 is 0 Å². The molecule has 1 fully saturated rings. The number of carbonyl (C=O) groups is 1. The third-order valence-electron chi connectivity index (χ3n) is 6.25. The first kappa shape index (κ1) is 19.7. The predicted molar refractivity (Wildman–Crippen MR) is 121 cm³/mol. The fourth-order valence-electron chi connectivity index (χ4n) is 4.61. The molecule has 5 rings (SSSR count). The van der Waals surface area contributed by atoms with Crippen molar-refractivity contribution in [2.24, 2.45) is 5.92 Å². The minimum Gasteiger partial charge on any atom is -0.355 e. The number of pyridine rings is 1. The monoisotopic (exact) mass is 413 g/mol. The van der Waals surface area contributed by atoms with Gasteiger partial charge >= 0.3 is 0 Å². The fraction of sp³-hybridized carbons (Fsp3) is 0.360. The van der Waals surface area contributed by atoms with Crippen LogP contribution in [0.25, 0.3) is 11.4 Å². The molecule has 31 heavy (non-hydrogen) atoms. The lowest BCUT2D eigenvalue weighted by Crippen LogP contribution is -2.43. The summed E-state index contributed by atoms with van der Waals surface area (Å²) in [7, 11) is 0. The van der Waals surface area contributed by atoms with Crippen LogP contribution in [0.2, 0.25) is 0 Å². The van der Waals surface area contributed by atoms with E-state index in [9.17, 15) is 4.79 Å². The van der Waals surface area contributed by atoms with Crippen LogP contribution in [0.4, 0.5) is 5.82 Å². The summed E-state index contributed by atoms with van der Waals surface area (Å²) in [5.74, 6) is 1.92. The highest BCUT2D eigenvalue weighted by molar-refractivity contribution is 5.79. The van der Waals surface area contributed by atoms with Crippen LogP contribution in [0.1, 0.15) is 36.1 Å². The summed E-state index contributed by atoms with van der Waals surface area (Å²) in [6.07, 6.45) is 8.57. The SMILES string of the molecule is O=C(NCc1ccncc1)C1CCCN(c2nc(-c3ccccc3)nc3c2CCC3)C1. The highest BCUT2D eigenvalue weighted by atomic mass is 16.1. The number of amides is 1. The summed E-state index contributed by atoms with van der Waals surface area (Å²) in [6.45, 7) is 2.19. The summed E-state index contributed by atoms with van der Waals surface area (Å²) >= 11 is 0. The van der Waals surface area contributed by atoms with E-state index in [1.54, 1.807) is 12.4 Å². The van der Waals surface area contributed by atoms with Crippen molar-refractivity contribution >= 4 is 11.7 Å². The first-order valence-corrected chi connectivity index (χ1v) is 11.1. The summed E-state index contributed by atoms with van der Waals surface area (Å²) < 4.78 is 0. The van der Waals surface area contributed by atoms with Gasteiger partial charge in [0, 0.05) is 48.8 Å². The fourth-order valence-corrected chi connectivity index (χ4v) is 4.61. The highest BCUT2D eigenvalue weighted by Crippen LogP contribution is 2.33. The maximum atomic E-state index is 12.9. The molecule has 6 nitrogen and oxygen atoms in total. The first-order chi connectivity index (χ1) is 15.3. The molecule has 1 aliphatic heterocycles. The summed E-state index contributed by atoms with van der Waals surface area (Å²) in [5.41, 5.74) is 4.56. The minimum atomic E-state index is -0.0252. The van der Waals surface area contributed by atoms with Gasteiger partial charge in [0.25, 0.3) is 0 Å². The number of benzene rings is 1. The molecule has 0 spiro atoms. The van der Waals surface area contributed by atoms with Crippen LogP contribution in [0, 0.1) is 5.92 Å². The quantitative estimate of drug-likeness (QED) is 0.693. The number of rotatable bonds is 5. The highest BCUT2D eigenvalue weighted by Gasteiger charge is 2.30. The molecule has 6 heteroatoms. The first-order valence-electron chi connectivity index (χ1n) is 11.1. The number of fused-ring (bicyclic) bond motifs is 1. The molecule has 158 valence electrons. The van der Waals surface area contributed by atoms with E-state index in [0.717, 1.165) is 61.4 Å². The van der Waals surface area contributed by atoms with Crippen LogP contribution in [0.3, 0.4) is 0 Å². The molecule has 1 unspecified atom stereocenters. The number of aromatic nitrogens is 3. The van der Waals surface area contributed by atoms with Gasteiger partial charge in [0.2, 0.25) is 5.91 Å². The molecule has 1 aromatic carbocycles. The standard InChI is InChI=1S/C25H27N5O/c31-25(27-16-18-11-13-26-14-12-18)20-8-5-15-30(17-20)24-21-9-4-10-22(21)28-23(29-24)19-6-2-1-3-7-19/h1-3,6-7,11-14,20H,4-5,8-10,15-17H2,(H,27,31). The van der Waals surface area contributed by atoms with Crippen molar-refractivity contribution < 1.29 is 4.79 Å². The van der Waals surface area contributed by atoms with E-state index in [0.29, 0.717) is 13.1 Å². The van der Waals surface area contributed by atoms with Crippen molar-refractivity contribution in [3.8, 4) is 11.4 Å². The lowest BCUT2D eigenvalue weighted by molar-refractivity contribution is -0.125. The number of aryl methyl sites for hydroxylation is 1. The van der Waals surface area contributed by atoms with Crippen LogP contribution in [0.15, 0.2) is 54.9 Å². The molecular formula is C25H27N5O. The normalized spacial score (nSPS) is 17.9. The van der Waals surface area contributed by atoms with Crippen molar-refractivity contribution in [3.05, 3.63) is 71.7 Å². The van der Waals surface area contributed by atoms with Crippen LogP contribution in [-0.4, -0.2) is 33.9 Å². The maximum absolute atomic E-state index is 12.9. The molecule has 0 bridgehead atoms. The van der Waals surface area contributed by atoms with Crippen molar-refractivity contribution in [2.45, 2.75) is 38.6 Å². The van der Waals surface area contributed by atoms with Crippen LogP contribution < -0.4 is 10.2 Å². The Morgan fingerprint density at radius 1 is 1.03 bits per heavy atom. The van der Waals surface area contributed by atoms with Gasteiger partial charge in [-0.1, -0.05) is 30.3 Å². The lowest BCUT2D eigenvalue weighted by atomic mass is 9.96. The largest absolute Gasteiger partial charge is 0.355 e. The van der Waals surface area contributed by atoms with E-state index in [1.807, 2.05) is 30.3 Å². The average Bonchev–Trinajstić information content (AvgIpc) is 3.32. The van der Waals surface area contributed by atoms with Gasteiger partial charge < -0.3 is 10.2 Å². The molecular weight excluding hydrogens is 386 g/mol. The second-order valence-electron chi connectivity index (χ2n) is 8.37. The van der Waals surface area contributed by atoms with Crippen molar-refractivity contribution in [3.63, 3.8) is 0 Å². The number of hydrogen-bond donors (Lipinski definition) is 1. The van der Waals surface area contributed by atoms with E-state index in [4.69, 9.17) is 9.97 Å². The van der Waals surface area contributed by atoms with Gasteiger partial charge in [-0.25, -0.2) is 9.97 Å². The van der Waals surface area contributed by atoms with Gasteiger partial charge in [0.1, 0.15) is 5.82 Å². The van der Waals surface area contributed by atoms with Crippen LogP contribution in [0.5, 0.6) is 0 Å². The molecule has 1 atom stereocenters. The van der Waals surface area contributed by atoms with E-state index < -0.39 is 0 Å². The zero-order valence-electron chi connectivity index (χ0n) is 17.6. The number of nitrogens with zero attached hydrogens (tertiary/aromatic N) is 4. The molecule has 1 saturated heterocycles. The van der Waals surface area contributed by atoms with E-state index in [-0.39, 0.29) is 11.8 Å². The third-order valence-corrected chi connectivity index (χ3v) is 6.25. The van der Waals surface area contributed by atoms with Crippen molar-refractivity contribution in [1.82, 2.24) is 20.3 Å². The Morgan fingerprint density at radius 2 is 1.87 bits per heavy atom. The Morgan fingerprint density at radius 3 is 2.71 bits per heavy atom. The maximum Gasteiger partial charge on any atom is 0.225 e. The number of nitrogens with one attached hydrogen (secondary N) is 1. The molecule has 2 aliphatic rings. The van der Waals surface area contributed by atoms with E-state index in [2.05, 4.69) is 27.3 Å². The molecule has 3 aromatic rings. The molecule has 3 heterocycles. The average molecular weight is 414 g/mol. The molecule has 0 radical (unpaired) electrons. The summed E-state index contributed by atoms with van der Waals surface area (Å²) in [5, 5.41) is 3.10. The second kappa shape index (κ2) is 8.84. The zero-order valence-corrected chi connectivity index (χ0v) is 17.6. The smallest absolute Gasteiger partial charge is 0.225 e. The van der Waals surface area contributed by atoms with Crippen molar-refractivity contribution in [2.75, 3.05) is 18.0 Å². The molecule has 1 aliphatic carbocycles. The number of hydrogen-bond acceptors (Lipinski definition) is 5. The number of piperidine rings is 1. The molecule has 2 aromatic heterocycles. The Balaban J connectivity index is 1.35. The Labute approximate surface area is 182 Å². The topological polar surface area (TPSA) is 71.0 Å². The molecule has 0 saturated carbocycles.